The van der Waals surface area contributed by atoms with Crippen molar-refractivity contribution in [3.63, 3.8) is 0 Å². The first kappa shape index (κ1) is 69.5. The minimum absolute atomic E-state index is 0.0156. The first-order valence-corrected chi connectivity index (χ1v) is 22.8. The van der Waals surface area contributed by atoms with Gasteiger partial charge in [-0.2, -0.15) is 0 Å². The standard InChI is InChI=1S/C15H30O4.C13H26O7.C12H24O3.C8H16O3/c1-5-14(6-2,9-16)11-19-13-15(7-3,10-17)12-18-8-4;1-2-3-19-10-13(7-17,8-18)11-20-9-12(4-14,5-15)6-16;1-3-5-6-7-8-15-11-12(4-2,9-13)10-14;1-3-8(5-9,6-10)7-11-4-2/h8,16-17H,4-7,9-13H2,1-3H3;2,14-18H,1,3-11H2;3,13-14H,1,4-11H2,2H3;4,9-10H,2-3,5-7H2,1H3. The summed E-state index contributed by atoms with van der Waals surface area (Å²) >= 11 is 0. The zero-order valence-corrected chi connectivity index (χ0v) is 41.0. The van der Waals surface area contributed by atoms with Gasteiger partial charge < -0.3 is 84.6 Å². The lowest BCUT2D eigenvalue weighted by molar-refractivity contribution is -0.109. The summed E-state index contributed by atoms with van der Waals surface area (Å²) in [6.45, 7) is 25.0. The van der Waals surface area contributed by atoms with E-state index in [4.69, 9.17) is 64.2 Å². The van der Waals surface area contributed by atoms with Crippen LogP contribution in [0.3, 0.4) is 0 Å². The van der Waals surface area contributed by atoms with Crippen molar-refractivity contribution in [3.8, 4) is 0 Å². The van der Waals surface area contributed by atoms with Gasteiger partial charge in [-0.05, 0) is 51.4 Å². The van der Waals surface area contributed by atoms with Crippen LogP contribution in [0.4, 0.5) is 0 Å². The van der Waals surface area contributed by atoms with E-state index in [1.807, 2.05) is 26.8 Å². The highest BCUT2D eigenvalue weighted by Crippen LogP contribution is 2.29. The molecule has 0 aliphatic heterocycles. The largest absolute Gasteiger partial charge is 0.501 e. The Kier molecular flexibility index (Phi) is 46.3. The fourth-order valence-electron chi connectivity index (χ4n) is 5.25. The Morgan fingerprint density at radius 2 is 0.662 bits per heavy atom. The van der Waals surface area contributed by atoms with E-state index >= 15 is 0 Å². The Labute approximate surface area is 392 Å². The van der Waals surface area contributed by atoms with Crippen LogP contribution in [0, 0.1) is 32.5 Å². The Balaban J connectivity index is -0.000000390. The Bertz CT molecular complexity index is 1040. The van der Waals surface area contributed by atoms with Crippen LogP contribution in [0.2, 0.25) is 0 Å². The number of unbranched alkanes of at least 4 members (excludes halogenated alkanes) is 2. The average molecular weight is 945 g/mol. The van der Waals surface area contributed by atoms with Crippen LogP contribution in [0.15, 0.2) is 51.0 Å². The van der Waals surface area contributed by atoms with Crippen molar-refractivity contribution in [3.05, 3.63) is 51.0 Å². The van der Waals surface area contributed by atoms with E-state index in [2.05, 4.69) is 40.2 Å². The number of aliphatic hydroxyl groups excluding tert-OH is 11. The van der Waals surface area contributed by atoms with Gasteiger partial charge in [-0.15, -0.1) is 13.2 Å². The first-order chi connectivity index (χ1) is 31.1. The lowest BCUT2D eigenvalue weighted by atomic mass is 9.84. The van der Waals surface area contributed by atoms with Crippen LogP contribution in [-0.4, -0.2) is 195 Å². The normalized spacial score (nSPS) is 12.9. The minimum Gasteiger partial charge on any atom is -0.501 e. The highest BCUT2D eigenvalue weighted by atomic mass is 16.5. The lowest BCUT2D eigenvalue weighted by Crippen LogP contribution is -2.43. The molecule has 0 saturated heterocycles. The summed E-state index contributed by atoms with van der Waals surface area (Å²) in [7, 11) is 0. The molecule has 0 radical (unpaired) electrons. The Morgan fingerprint density at radius 3 is 1.02 bits per heavy atom. The maximum absolute atomic E-state index is 9.56. The summed E-state index contributed by atoms with van der Waals surface area (Å²) in [5.41, 5.74) is -3.65. The van der Waals surface area contributed by atoms with E-state index in [0.29, 0.717) is 46.1 Å². The fourth-order valence-corrected chi connectivity index (χ4v) is 5.25. The molecule has 0 rings (SSSR count). The van der Waals surface area contributed by atoms with Gasteiger partial charge in [0.2, 0.25) is 0 Å². The van der Waals surface area contributed by atoms with E-state index in [1.54, 1.807) is 6.08 Å². The Morgan fingerprint density at radius 1 is 0.338 bits per heavy atom. The monoisotopic (exact) mass is 945 g/mol. The maximum Gasteiger partial charge on any atom is 0.0973 e. The summed E-state index contributed by atoms with van der Waals surface area (Å²) in [5.74, 6) is 0. The molecule has 0 bridgehead atoms. The minimum atomic E-state index is -1.14. The molecule has 1 atom stereocenters. The second kappa shape index (κ2) is 43.3. The zero-order chi connectivity index (χ0) is 50.6. The van der Waals surface area contributed by atoms with Gasteiger partial charge in [0, 0.05) is 17.4 Å². The molecule has 0 saturated carbocycles. The topological polar surface area (TPSA) is 278 Å². The van der Waals surface area contributed by atoms with Crippen molar-refractivity contribution in [2.45, 2.75) is 86.0 Å². The van der Waals surface area contributed by atoms with Crippen molar-refractivity contribution < 1.29 is 84.6 Å². The third-order valence-corrected chi connectivity index (χ3v) is 12.1. The summed E-state index contributed by atoms with van der Waals surface area (Å²) < 4.78 is 31.9. The number of allylic oxidation sites excluding steroid dienone is 1. The molecule has 0 aromatic rings. The van der Waals surface area contributed by atoms with Crippen LogP contribution in [0.25, 0.3) is 0 Å². The van der Waals surface area contributed by atoms with E-state index in [0.717, 1.165) is 44.9 Å². The molecule has 0 aromatic heterocycles. The summed E-state index contributed by atoms with van der Waals surface area (Å²) in [6.07, 6.45) is 13.2. The van der Waals surface area contributed by atoms with Crippen molar-refractivity contribution in [1.82, 2.24) is 0 Å². The number of hydrogen-bond acceptors (Lipinski definition) is 17. The first-order valence-electron chi connectivity index (χ1n) is 22.8. The summed E-state index contributed by atoms with van der Waals surface area (Å²) in [4.78, 5) is 0. The average Bonchev–Trinajstić information content (AvgIpc) is 3.36. The predicted molar refractivity (Wildman–Crippen MR) is 254 cm³/mol. The molecule has 17 nitrogen and oxygen atoms in total. The molecular weight excluding hydrogens is 849 g/mol. The molecule has 17 heteroatoms. The van der Waals surface area contributed by atoms with Gasteiger partial charge in [0.1, 0.15) is 0 Å². The number of aliphatic hydroxyl groups is 11. The molecule has 0 aliphatic carbocycles. The molecule has 0 amide bonds. The Hall–Kier alpha value is -2.04. The molecule has 390 valence electrons. The van der Waals surface area contributed by atoms with E-state index in [-0.39, 0.29) is 84.7 Å². The third kappa shape index (κ3) is 29.5. The van der Waals surface area contributed by atoms with Crippen molar-refractivity contribution in [2.24, 2.45) is 32.5 Å². The van der Waals surface area contributed by atoms with E-state index < -0.39 is 46.9 Å². The second-order valence-electron chi connectivity index (χ2n) is 17.1. The summed E-state index contributed by atoms with van der Waals surface area (Å²) in [5, 5.41) is 101. The maximum atomic E-state index is 9.56. The van der Waals surface area contributed by atoms with Gasteiger partial charge in [-0.1, -0.05) is 59.9 Å². The van der Waals surface area contributed by atoms with Crippen molar-refractivity contribution in [1.29, 1.82) is 0 Å². The molecule has 0 fully saturated rings. The van der Waals surface area contributed by atoms with Crippen molar-refractivity contribution >= 4 is 0 Å². The number of ether oxygens (including phenoxy) is 6. The second-order valence-corrected chi connectivity index (χ2v) is 17.1. The van der Waals surface area contributed by atoms with Gasteiger partial charge in [-0.3, -0.25) is 0 Å². The van der Waals surface area contributed by atoms with Crippen LogP contribution in [-0.2, 0) is 28.4 Å². The molecule has 65 heavy (non-hydrogen) atoms. The van der Waals surface area contributed by atoms with Crippen LogP contribution >= 0.6 is 0 Å². The fraction of sp³-hybridized carbons (Fsp3) is 0.833. The van der Waals surface area contributed by atoms with Gasteiger partial charge >= 0.3 is 0 Å². The molecule has 1 unspecified atom stereocenters. The van der Waals surface area contributed by atoms with Crippen molar-refractivity contribution in [2.75, 3.05) is 139 Å². The highest BCUT2D eigenvalue weighted by Gasteiger charge is 2.34. The van der Waals surface area contributed by atoms with Gasteiger partial charge in [0.05, 0.1) is 166 Å². The lowest BCUT2D eigenvalue weighted by Gasteiger charge is -2.33. The third-order valence-electron chi connectivity index (χ3n) is 12.1. The highest BCUT2D eigenvalue weighted by molar-refractivity contribution is 4.83. The quantitative estimate of drug-likeness (QED) is 0.0239. The molecular formula is C48H96O17. The molecule has 0 spiro atoms. The SMILES string of the molecule is C=CCCCCOCC(CC)(CO)CO.C=CCOCC(CO)(CO)COCC(CO)(CO)CO.C=COCC(CC)(CO)CO.C=COCC(CC)(CO)COCC(CC)(CC)CO. The molecule has 0 heterocycles. The van der Waals surface area contributed by atoms with Gasteiger partial charge in [0.15, 0.2) is 0 Å². The molecule has 0 aromatic carbocycles. The summed E-state index contributed by atoms with van der Waals surface area (Å²) in [6, 6.07) is 0. The smallest absolute Gasteiger partial charge is 0.0973 e. The van der Waals surface area contributed by atoms with Crippen LogP contribution in [0.5, 0.6) is 0 Å². The molecule has 11 N–H and O–H groups in total. The van der Waals surface area contributed by atoms with Gasteiger partial charge in [-0.25, -0.2) is 0 Å². The zero-order valence-electron chi connectivity index (χ0n) is 41.0. The number of rotatable bonds is 41. The predicted octanol–water partition coefficient (Wildman–Crippen LogP) is 2.76. The van der Waals surface area contributed by atoms with Crippen LogP contribution < -0.4 is 0 Å². The number of hydrogen-bond donors (Lipinski definition) is 11. The van der Waals surface area contributed by atoms with Gasteiger partial charge in [0.25, 0.3) is 0 Å². The molecule has 0 aliphatic rings. The van der Waals surface area contributed by atoms with Crippen LogP contribution in [0.1, 0.15) is 86.0 Å². The van der Waals surface area contributed by atoms with E-state index in [9.17, 15) is 20.4 Å². The van der Waals surface area contributed by atoms with E-state index in [1.165, 1.54) is 12.5 Å².